The molecule has 1 aromatic carbocycles. The molecule has 1 rings (SSSR count). The lowest BCUT2D eigenvalue weighted by molar-refractivity contribution is 0.0958. The van der Waals surface area contributed by atoms with Crippen LogP contribution < -0.4 is 5.32 Å². The third kappa shape index (κ3) is 2.29. The maximum atomic E-state index is 11.6. The van der Waals surface area contributed by atoms with Crippen LogP contribution >= 0.6 is 0 Å². The van der Waals surface area contributed by atoms with E-state index in [4.69, 9.17) is 0 Å². The first-order chi connectivity index (χ1) is 6.88. The molecule has 2 N–H and O–H groups in total. The van der Waals surface area contributed by atoms with Crippen LogP contribution in [0, 0.1) is 0 Å². The van der Waals surface area contributed by atoms with Crippen molar-refractivity contribution in [3.63, 3.8) is 0 Å². The van der Waals surface area contributed by atoms with Gasteiger partial charge in [-0.1, -0.05) is 32.9 Å². The molecule has 0 unspecified atom stereocenters. The van der Waals surface area contributed by atoms with E-state index < -0.39 is 0 Å². The Bertz CT molecular complexity index is 378. The molecule has 3 heteroatoms. The molecule has 0 saturated heterocycles. The quantitative estimate of drug-likeness (QED) is 0.740. The van der Waals surface area contributed by atoms with Gasteiger partial charge in [0.05, 0.1) is 5.56 Å². The molecular formula is C12H17NO2. The van der Waals surface area contributed by atoms with Crippen LogP contribution in [0.2, 0.25) is 0 Å². The van der Waals surface area contributed by atoms with Crippen LogP contribution in [-0.4, -0.2) is 18.1 Å². The molecule has 1 aromatic rings. The van der Waals surface area contributed by atoms with Gasteiger partial charge in [-0.2, -0.15) is 0 Å². The number of hydrogen-bond acceptors (Lipinski definition) is 2. The molecule has 0 atom stereocenters. The monoisotopic (exact) mass is 207 g/mol. The first kappa shape index (κ1) is 11.6. The van der Waals surface area contributed by atoms with Gasteiger partial charge < -0.3 is 10.4 Å². The number of nitrogens with one attached hydrogen (secondary N) is 1. The molecule has 0 saturated carbocycles. The van der Waals surface area contributed by atoms with E-state index in [0.29, 0.717) is 5.56 Å². The number of hydrogen-bond donors (Lipinski definition) is 2. The number of phenolic OH excluding ortho intramolecular Hbond substituents is 1. The summed E-state index contributed by atoms with van der Waals surface area (Å²) in [6.07, 6.45) is 0. The zero-order chi connectivity index (χ0) is 11.6. The minimum absolute atomic E-state index is 0.0294. The fourth-order valence-corrected chi connectivity index (χ4v) is 1.53. The fraction of sp³-hybridized carbons (Fsp3) is 0.417. The summed E-state index contributed by atoms with van der Waals surface area (Å²) in [7, 11) is 1.56. The molecule has 0 radical (unpaired) electrons. The van der Waals surface area contributed by atoms with E-state index in [0.717, 1.165) is 5.56 Å². The van der Waals surface area contributed by atoms with Crippen LogP contribution in [-0.2, 0) is 5.41 Å². The maximum Gasteiger partial charge on any atom is 0.255 e. The van der Waals surface area contributed by atoms with E-state index in [1.54, 1.807) is 13.1 Å². The van der Waals surface area contributed by atoms with Crippen molar-refractivity contribution in [3.8, 4) is 5.75 Å². The van der Waals surface area contributed by atoms with Gasteiger partial charge in [-0.15, -0.1) is 0 Å². The summed E-state index contributed by atoms with van der Waals surface area (Å²) in [6.45, 7) is 6.02. The summed E-state index contributed by atoms with van der Waals surface area (Å²) in [5.41, 5.74) is 1.05. The van der Waals surface area contributed by atoms with Crippen molar-refractivity contribution in [2.24, 2.45) is 0 Å². The number of benzene rings is 1. The van der Waals surface area contributed by atoms with Gasteiger partial charge in [0, 0.05) is 7.05 Å². The number of aromatic hydroxyl groups is 1. The van der Waals surface area contributed by atoms with Crippen LogP contribution in [0.4, 0.5) is 0 Å². The Kier molecular flexibility index (Phi) is 3.03. The Balaban J connectivity index is 3.40. The second-order valence-corrected chi connectivity index (χ2v) is 4.53. The smallest absolute Gasteiger partial charge is 0.255 e. The molecule has 0 bridgehead atoms. The second kappa shape index (κ2) is 3.93. The molecule has 0 heterocycles. The standard InChI is InChI=1S/C12H17NO2/c1-12(2,3)8-6-5-7-9(14)10(8)11(15)13-4/h5-7,14H,1-4H3,(H,13,15). The molecule has 0 aliphatic carbocycles. The van der Waals surface area contributed by atoms with Gasteiger partial charge in [-0.05, 0) is 17.0 Å². The largest absolute Gasteiger partial charge is 0.507 e. The van der Waals surface area contributed by atoms with Gasteiger partial charge >= 0.3 is 0 Å². The van der Waals surface area contributed by atoms with Crippen molar-refractivity contribution in [3.05, 3.63) is 29.3 Å². The SMILES string of the molecule is CNC(=O)c1c(O)cccc1C(C)(C)C. The van der Waals surface area contributed by atoms with E-state index in [9.17, 15) is 9.90 Å². The van der Waals surface area contributed by atoms with Gasteiger partial charge in [-0.25, -0.2) is 0 Å². The van der Waals surface area contributed by atoms with E-state index in [1.165, 1.54) is 6.07 Å². The van der Waals surface area contributed by atoms with Crippen LogP contribution in [0.1, 0.15) is 36.7 Å². The lowest BCUT2D eigenvalue weighted by Crippen LogP contribution is -2.24. The van der Waals surface area contributed by atoms with Gasteiger partial charge in [0.2, 0.25) is 0 Å². The molecule has 0 aliphatic heterocycles. The zero-order valence-electron chi connectivity index (χ0n) is 9.59. The van der Waals surface area contributed by atoms with Gasteiger partial charge in [0.25, 0.3) is 5.91 Å². The Morgan fingerprint density at radius 2 is 1.93 bits per heavy atom. The zero-order valence-corrected chi connectivity index (χ0v) is 9.59. The van der Waals surface area contributed by atoms with Crippen molar-refractivity contribution < 1.29 is 9.90 Å². The van der Waals surface area contributed by atoms with E-state index >= 15 is 0 Å². The average molecular weight is 207 g/mol. The molecule has 0 fully saturated rings. The first-order valence-corrected chi connectivity index (χ1v) is 4.92. The average Bonchev–Trinajstić information content (AvgIpc) is 2.15. The van der Waals surface area contributed by atoms with Crippen molar-refractivity contribution in [2.45, 2.75) is 26.2 Å². The lowest BCUT2D eigenvalue weighted by atomic mass is 9.83. The number of amides is 1. The van der Waals surface area contributed by atoms with E-state index in [1.807, 2.05) is 26.8 Å². The van der Waals surface area contributed by atoms with Crippen LogP contribution in [0.5, 0.6) is 5.75 Å². The number of carbonyl (C=O) groups excluding carboxylic acids is 1. The third-order valence-corrected chi connectivity index (χ3v) is 2.30. The molecule has 0 spiro atoms. The van der Waals surface area contributed by atoms with Gasteiger partial charge in [-0.3, -0.25) is 4.79 Å². The van der Waals surface area contributed by atoms with Crippen LogP contribution in [0.15, 0.2) is 18.2 Å². The molecule has 1 amide bonds. The topological polar surface area (TPSA) is 49.3 Å². The van der Waals surface area contributed by atoms with Crippen molar-refractivity contribution in [1.82, 2.24) is 5.32 Å². The lowest BCUT2D eigenvalue weighted by Gasteiger charge is -2.22. The normalized spacial score (nSPS) is 11.2. The predicted molar refractivity (Wildman–Crippen MR) is 60.2 cm³/mol. The molecular weight excluding hydrogens is 190 g/mol. The highest BCUT2D eigenvalue weighted by Gasteiger charge is 2.23. The highest BCUT2D eigenvalue weighted by molar-refractivity contribution is 5.98. The molecule has 0 aliphatic rings. The minimum atomic E-state index is -0.252. The number of rotatable bonds is 1. The first-order valence-electron chi connectivity index (χ1n) is 4.92. The van der Waals surface area contributed by atoms with Crippen molar-refractivity contribution >= 4 is 5.91 Å². The van der Waals surface area contributed by atoms with Gasteiger partial charge in [0.15, 0.2) is 0 Å². The Morgan fingerprint density at radius 3 is 2.40 bits per heavy atom. The molecule has 82 valence electrons. The highest BCUT2D eigenvalue weighted by atomic mass is 16.3. The number of carbonyl (C=O) groups is 1. The molecule has 15 heavy (non-hydrogen) atoms. The predicted octanol–water partition coefficient (Wildman–Crippen LogP) is 2.05. The van der Waals surface area contributed by atoms with Crippen LogP contribution in [0.3, 0.4) is 0 Å². The highest BCUT2D eigenvalue weighted by Crippen LogP contribution is 2.30. The minimum Gasteiger partial charge on any atom is -0.507 e. The van der Waals surface area contributed by atoms with Crippen molar-refractivity contribution in [1.29, 1.82) is 0 Å². The summed E-state index contributed by atoms with van der Waals surface area (Å²) in [5.74, 6) is -0.222. The number of phenols is 1. The van der Waals surface area contributed by atoms with E-state index in [2.05, 4.69) is 5.32 Å². The summed E-state index contributed by atoms with van der Waals surface area (Å²) < 4.78 is 0. The summed E-state index contributed by atoms with van der Waals surface area (Å²) in [4.78, 5) is 11.6. The van der Waals surface area contributed by atoms with Gasteiger partial charge in [0.1, 0.15) is 5.75 Å². The second-order valence-electron chi connectivity index (χ2n) is 4.53. The summed E-state index contributed by atoms with van der Waals surface area (Å²) >= 11 is 0. The maximum absolute atomic E-state index is 11.6. The third-order valence-electron chi connectivity index (χ3n) is 2.30. The van der Waals surface area contributed by atoms with Crippen molar-refractivity contribution in [2.75, 3.05) is 7.05 Å². The van der Waals surface area contributed by atoms with E-state index in [-0.39, 0.29) is 17.1 Å². The molecule has 3 nitrogen and oxygen atoms in total. The summed E-state index contributed by atoms with van der Waals surface area (Å²) in [5, 5.41) is 12.2. The summed E-state index contributed by atoms with van der Waals surface area (Å²) in [6, 6.07) is 5.15. The Morgan fingerprint density at radius 1 is 1.33 bits per heavy atom. The van der Waals surface area contributed by atoms with Crippen LogP contribution in [0.25, 0.3) is 0 Å². The fourth-order valence-electron chi connectivity index (χ4n) is 1.53. The Labute approximate surface area is 90.1 Å². The molecule has 0 aromatic heterocycles. The Hall–Kier alpha value is -1.51.